The maximum absolute atomic E-state index is 3.46. The van der Waals surface area contributed by atoms with Gasteiger partial charge in [0.1, 0.15) is 0 Å². The Balaban J connectivity index is 0.00000128. The van der Waals surface area contributed by atoms with Gasteiger partial charge in [-0.3, -0.25) is 4.90 Å². The summed E-state index contributed by atoms with van der Waals surface area (Å²) in [5, 5.41) is 3.46. The molecular formula is C13H27ClN2. The fourth-order valence-corrected chi connectivity index (χ4v) is 3.23. The number of nitrogens with one attached hydrogen (secondary N) is 1. The Bertz CT molecular complexity index is 190. The third-order valence-corrected chi connectivity index (χ3v) is 4.14. The molecule has 2 aliphatic heterocycles. The van der Waals surface area contributed by atoms with Gasteiger partial charge in [0.05, 0.1) is 0 Å². The Morgan fingerprint density at radius 1 is 1.19 bits per heavy atom. The van der Waals surface area contributed by atoms with Gasteiger partial charge in [-0.1, -0.05) is 13.8 Å². The number of hydrogen-bond donors (Lipinski definition) is 1. The molecule has 2 heterocycles. The molecule has 1 unspecified atom stereocenters. The molecule has 2 rings (SSSR count). The van der Waals surface area contributed by atoms with Crippen LogP contribution in [0.4, 0.5) is 0 Å². The van der Waals surface area contributed by atoms with E-state index >= 15 is 0 Å². The Morgan fingerprint density at radius 3 is 2.50 bits per heavy atom. The van der Waals surface area contributed by atoms with Crippen LogP contribution in [0.15, 0.2) is 0 Å². The molecule has 0 radical (unpaired) electrons. The molecule has 2 nitrogen and oxygen atoms in total. The van der Waals surface area contributed by atoms with Crippen LogP contribution in [0.2, 0.25) is 0 Å². The third kappa shape index (κ3) is 3.61. The highest BCUT2D eigenvalue weighted by molar-refractivity contribution is 5.85. The summed E-state index contributed by atoms with van der Waals surface area (Å²) >= 11 is 0. The number of nitrogens with zero attached hydrogens (tertiary/aromatic N) is 1. The first kappa shape index (κ1) is 14.3. The smallest absolute Gasteiger partial charge is 0.0119 e. The van der Waals surface area contributed by atoms with Gasteiger partial charge in [0, 0.05) is 12.6 Å². The lowest BCUT2D eigenvalue weighted by Crippen LogP contribution is -2.40. The van der Waals surface area contributed by atoms with Crippen LogP contribution < -0.4 is 5.32 Å². The second-order valence-electron chi connectivity index (χ2n) is 5.64. The van der Waals surface area contributed by atoms with Crippen molar-refractivity contribution in [3.05, 3.63) is 0 Å². The fraction of sp³-hybridized carbons (Fsp3) is 1.00. The highest BCUT2D eigenvalue weighted by Gasteiger charge is 2.28. The van der Waals surface area contributed by atoms with Gasteiger partial charge < -0.3 is 5.32 Å². The molecule has 2 saturated heterocycles. The molecule has 0 aromatic carbocycles. The predicted octanol–water partition coefficient (Wildman–Crippen LogP) is 2.53. The Kier molecular flexibility index (Phi) is 6.09. The van der Waals surface area contributed by atoms with Gasteiger partial charge in [0.2, 0.25) is 0 Å². The quantitative estimate of drug-likeness (QED) is 0.824. The lowest BCUT2D eigenvalue weighted by molar-refractivity contribution is 0.162. The van der Waals surface area contributed by atoms with E-state index < -0.39 is 0 Å². The van der Waals surface area contributed by atoms with Crippen molar-refractivity contribution < 1.29 is 0 Å². The van der Waals surface area contributed by atoms with Crippen molar-refractivity contribution >= 4 is 12.4 Å². The minimum absolute atomic E-state index is 0. The fourth-order valence-electron chi connectivity index (χ4n) is 3.23. The summed E-state index contributed by atoms with van der Waals surface area (Å²) in [5.41, 5.74) is 0. The minimum Gasteiger partial charge on any atom is -0.317 e. The maximum atomic E-state index is 3.46. The Morgan fingerprint density at radius 2 is 1.88 bits per heavy atom. The van der Waals surface area contributed by atoms with Crippen LogP contribution in [-0.4, -0.2) is 37.1 Å². The van der Waals surface area contributed by atoms with Crippen LogP contribution in [0.25, 0.3) is 0 Å². The summed E-state index contributed by atoms with van der Waals surface area (Å²) in [4.78, 5) is 2.76. The summed E-state index contributed by atoms with van der Waals surface area (Å²) in [7, 11) is 0. The van der Waals surface area contributed by atoms with E-state index in [-0.39, 0.29) is 12.4 Å². The molecule has 1 atom stereocenters. The second kappa shape index (κ2) is 6.83. The van der Waals surface area contributed by atoms with Crippen molar-refractivity contribution in [2.45, 2.75) is 45.6 Å². The molecule has 0 aromatic heterocycles. The normalized spacial score (nSPS) is 28.3. The summed E-state index contributed by atoms with van der Waals surface area (Å²) in [5.74, 6) is 1.81. The maximum Gasteiger partial charge on any atom is 0.0119 e. The molecule has 0 spiro atoms. The number of hydrogen-bond acceptors (Lipinski definition) is 2. The van der Waals surface area contributed by atoms with Crippen LogP contribution in [0.1, 0.15) is 39.5 Å². The van der Waals surface area contributed by atoms with Crippen LogP contribution in [-0.2, 0) is 0 Å². The standard InChI is InChI=1S/C13H26N2.ClH/c1-11(2)13-4-3-9-15(13)10-12-5-7-14-8-6-12;/h11-14H,3-10H2,1-2H3;1H. The minimum atomic E-state index is 0. The monoisotopic (exact) mass is 246 g/mol. The van der Waals surface area contributed by atoms with E-state index in [9.17, 15) is 0 Å². The Labute approximate surface area is 107 Å². The SMILES string of the molecule is CC(C)C1CCCN1CC1CCNCC1.Cl. The van der Waals surface area contributed by atoms with Crippen molar-refractivity contribution in [3.8, 4) is 0 Å². The van der Waals surface area contributed by atoms with Crippen molar-refractivity contribution in [2.75, 3.05) is 26.2 Å². The molecule has 0 aliphatic carbocycles. The zero-order chi connectivity index (χ0) is 10.7. The van der Waals surface area contributed by atoms with Gasteiger partial charge in [0.25, 0.3) is 0 Å². The largest absolute Gasteiger partial charge is 0.317 e. The molecule has 0 bridgehead atoms. The summed E-state index contributed by atoms with van der Waals surface area (Å²) in [6.07, 6.45) is 5.64. The number of halogens is 1. The van der Waals surface area contributed by atoms with Crippen molar-refractivity contribution in [3.63, 3.8) is 0 Å². The van der Waals surface area contributed by atoms with Crippen LogP contribution >= 0.6 is 12.4 Å². The number of rotatable bonds is 3. The summed E-state index contributed by atoms with van der Waals surface area (Å²) < 4.78 is 0. The van der Waals surface area contributed by atoms with Gasteiger partial charge >= 0.3 is 0 Å². The van der Waals surface area contributed by atoms with Crippen molar-refractivity contribution in [2.24, 2.45) is 11.8 Å². The van der Waals surface area contributed by atoms with Gasteiger partial charge in [-0.05, 0) is 57.2 Å². The summed E-state index contributed by atoms with van der Waals surface area (Å²) in [6, 6.07) is 0.875. The zero-order valence-corrected chi connectivity index (χ0v) is 11.6. The van der Waals surface area contributed by atoms with E-state index in [4.69, 9.17) is 0 Å². The first-order chi connectivity index (χ1) is 7.27. The van der Waals surface area contributed by atoms with E-state index in [1.165, 1.54) is 51.9 Å². The first-order valence-electron chi connectivity index (χ1n) is 6.72. The molecule has 0 amide bonds. The zero-order valence-electron chi connectivity index (χ0n) is 10.7. The third-order valence-electron chi connectivity index (χ3n) is 4.14. The average Bonchev–Trinajstić information content (AvgIpc) is 2.67. The van der Waals surface area contributed by atoms with Gasteiger partial charge in [-0.2, -0.15) is 0 Å². The van der Waals surface area contributed by atoms with Gasteiger partial charge in [-0.25, -0.2) is 0 Å². The second-order valence-corrected chi connectivity index (χ2v) is 5.64. The highest BCUT2D eigenvalue weighted by Crippen LogP contribution is 2.26. The molecule has 3 heteroatoms. The van der Waals surface area contributed by atoms with E-state index in [0.717, 1.165) is 17.9 Å². The van der Waals surface area contributed by atoms with E-state index in [2.05, 4.69) is 24.1 Å². The molecule has 2 aliphatic rings. The molecule has 1 N–H and O–H groups in total. The summed E-state index contributed by atoms with van der Waals surface area (Å²) in [6.45, 7) is 9.96. The molecule has 2 fully saturated rings. The first-order valence-corrected chi connectivity index (χ1v) is 6.72. The van der Waals surface area contributed by atoms with Crippen LogP contribution in [0.5, 0.6) is 0 Å². The van der Waals surface area contributed by atoms with Crippen molar-refractivity contribution in [1.29, 1.82) is 0 Å². The number of likely N-dealkylation sites (tertiary alicyclic amines) is 1. The topological polar surface area (TPSA) is 15.3 Å². The molecular weight excluding hydrogens is 220 g/mol. The lowest BCUT2D eigenvalue weighted by atomic mass is 9.95. The Hall–Kier alpha value is 0.210. The van der Waals surface area contributed by atoms with Gasteiger partial charge in [-0.15, -0.1) is 12.4 Å². The highest BCUT2D eigenvalue weighted by atomic mass is 35.5. The van der Waals surface area contributed by atoms with Gasteiger partial charge in [0.15, 0.2) is 0 Å². The van der Waals surface area contributed by atoms with E-state index in [1.807, 2.05) is 0 Å². The van der Waals surface area contributed by atoms with Crippen molar-refractivity contribution in [1.82, 2.24) is 10.2 Å². The predicted molar refractivity (Wildman–Crippen MR) is 72.3 cm³/mol. The van der Waals surface area contributed by atoms with E-state index in [1.54, 1.807) is 0 Å². The molecule has 96 valence electrons. The molecule has 0 aromatic rings. The van der Waals surface area contributed by atoms with Crippen LogP contribution in [0.3, 0.4) is 0 Å². The van der Waals surface area contributed by atoms with Crippen LogP contribution in [0, 0.1) is 11.8 Å². The molecule has 16 heavy (non-hydrogen) atoms. The lowest BCUT2D eigenvalue weighted by Gasteiger charge is -2.32. The molecule has 0 saturated carbocycles. The number of piperidine rings is 1. The average molecular weight is 247 g/mol. The van der Waals surface area contributed by atoms with E-state index in [0.29, 0.717) is 0 Å².